The monoisotopic (exact) mass is 383 g/mol. The third-order valence-corrected chi connectivity index (χ3v) is 5.88. The number of hydrogen-bond acceptors (Lipinski definition) is 3. The largest absolute Gasteiger partial charge is 0.329 e. The standard InChI is InChI=1S/C25H41N3/c1-3-4-10-21(20-28-24(19-26)14-7-8-18-27-2)16-17-23-13-9-12-22-11-5-6-15-25(22)23/h5-6,9,11-13,15,21,24,27-28H,3-4,7-8,10,14,16-20,26H2,1-2H3/t21-,24-/m1/s1. The molecule has 0 saturated carbocycles. The summed E-state index contributed by atoms with van der Waals surface area (Å²) in [5.74, 6) is 0.727. The highest BCUT2D eigenvalue weighted by Crippen LogP contribution is 2.22. The topological polar surface area (TPSA) is 50.1 Å². The maximum atomic E-state index is 6.02. The minimum absolute atomic E-state index is 0.457. The first kappa shape index (κ1) is 22.9. The number of nitrogens with two attached hydrogens (primary N) is 1. The maximum absolute atomic E-state index is 6.02. The van der Waals surface area contributed by atoms with Crippen LogP contribution in [0.3, 0.4) is 0 Å². The lowest BCUT2D eigenvalue weighted by atomic mass is 9.92. The summed E-state index contributed by atoms with van der Waals surface area (Å²) in [6.07, 6.45) is 9.96. The van der Waals surface area contributed by atoms with Gasteiger partial charge in [0.25, 0.3) is 0 Å². The van der Waals surface area contributed by atoms with E-state index in [1.54, 1.807) is 0 Å². The van der Waals surface area contributed by atoms with Crippen LogP contribution in [0.1, 0.15) is 57.4 Å². The van der Waals surface area contributed by atoms with Gasteiger partial charge >= 0.3 is 0 Å². The lowest BCUT2D eigenvalue weighted by molar-refractivity contribution is 0.366. The molecule has 3 heteroatoms. The smallest absolute Gasteiger partial charge is 0.0190 e. The summed E-state index contributed by atoms with van der Waals surface area (Å²) in [6.45, 7) is 5.23. The molecule has 0 amide bonds. The first-order chi connectivity index (χ1) is 13.8. The lowest BCUT2D eigenvalue weighted by Crippen LogP contribution is -2.39. The average molecular weight is 384 g/mol. The van der Waals surface area contributed by atoms with Gasteiger partial charge in [-0.2, -0.15) is 0 Å². The van der Waals surface area contributed by atoms with E-state index < -0.39 is 0 Å². The van der Waals surface area contributed by atoms with Crippen molar-refractivity contribution >= 4 is 10.8 Å². The van der Waals surface area contributed by atoms with Crippen LogP contribution in [-0.2, 0) is 6.42 Å². The number of rotatable bonds is 15. The van der Waals surface area contributed by atoms with E-state index in [0.717, 1.165) is 32.0 Å². The van der Waals surface area contributed by atoms with Crippen molar-refractivity contribution in [3.8, 4) is 0 Å². The van der Waals surface area contributed by atoms with Crippen LogP contribution in [0.4, 0.5) is 0 Å². The molecule has 156 valence electrons. The Hall–Kier alpha value is -1.42. The van der Waals surface area contributed by atoms with Gasteiger partial charge in [0.2, 0.25) is 0 Å². The predicted octanol–water partition coefficient (Wildman–Crippen LogP) is 4.89. The van der Waals surface area contributed by atoms with Crippen LogP contribution in [0.5, 0.6) is 0 Å². The summed E-state index contributed by atoms with van der Waals surface area (Å²) in [4.78, 5) is 0. The van der Waals surface area contributed by atoms with Crippen molar-refractivity contribution in [3.05, 3.63) is 48.0 Å². The Morgan fingerprint density at radius 2 is 1.75 bits per heavy atom. The van der Waals surface area contributed by atoms with E-state index in [0.29, 0.717) is 6.04 Å². The van der Waals surface area contributed by atoms with Crippen LogP contribution in [-0.4, -0.2) is 32.7 Å². The van der Waals surface area contributed by atoms with Crippen LogP contribution in [0, 0.1) is 5.92 Å². The second kappa shape index (κ2) is 13.7. The van der Waals surface area contributed by atoms with Gasteiger partial charge in [-0.1, -0.05) is 68.7 Å². The second-order valence-corrected chi connectivity index (χ2v) is 8.13. The third kappa shape index (κ3) is 7.90. The first-order valence-corrected chi connectivity index (χ1v) is 11.3. The van der Waals surface area contributed by atoms with E-state index in [1.165, 1.54) is 61.3 Å². The van der Waals surface area contributed by atoms with Gasteiger partial charge in [-0.15, -0.1) is 0 Å². The van der Waals surface area contributed by atoms with Gasteiger partial charge in [0, 0.05) is 12.6 Å². The van der Waals surface area contributed by atoms with Crippen LogP contribution in [0.15, 0.2) is 42.5 Å². The molecule has 4 N–H and O–H groups in total. The summed E-state index contributed by atoms with van der Waals surface area (Å²) in [5, 5.41) is 9.78. The molecule has 2 atom stereocenters. The van der Waals surface area contributed by atoms with E-state index in [-0.39, 0.29) is 0 Å². The number of benzene rings is 2. The number of fused-ring (bicyclic) bond motifs is 1. The Labute approximate surface area is 172 Å². The summed E-state index contributed by atoms with van der Waals surface area (Å²) >= 11 is 0. The van der Waals surface area contributed by atoms with Gasteiger partial charge in [-0.05, 0) is 74.5 Å². The Kier molecular flexibility index (Phi) is 11.2. The molecular weight excluding hydrogens is 342 g/mol. The third-order valence-electron chi connectivity index (χ3n) is 5.88. The molecule has 2 aromatic carbocycles. The molecule has 0 saturated heterocycles. The normalized spacial score (nSPS) is 13.7. The fourth-order valence-corrected chi connectivity index (χ4v) is 4.04. The Bertz CT molecular complexity index is 650. The molecule has 0 radical (unpaired) electrons. The van der Waals surface area contributed by atoms with Crippen molar-refractivity contribution in [2.75, 3.05) is 26.7 Å². The summed E-state index contributed by atoms with van der Waals surface area (Å²) in [5.41, 5.74) is 7.51. The zero-order valence-electron chi connectivity index (χ0n) is 18.1. The van der Waals surface area contributed by atoms with Crippen molar-refractivity contribution in [2.24, 2.45) is 11.7 Å². The summed E-state index contributed by atoms with van der Waals surface area (Å²) in [6, 6.07) is 15.9. The molecular formula is C25H41N3. The molecule has 28 heavy (non-hydrogen) atoms. The Morgan fingerprint density at radius 3 is 2.54 bits per heavy atom. The predicted molar refractivity (Wildman–Crippen MR) is 124 cm³/mol. The van der Waals surface area contributed by atoms with E-state index in [2.05, 4.69) is 60.0 Å². The SMILES string of the molecule is CCCC[C@H](CCc1cccc2ccccc12)CN[C@@H](CN)CCCCNC. The molecule has 0 spiro atoms. The van der Waals surface area contributed by atoms with Gasteiger partial charge in [0.05, 0.1) is 0 Å². The van der Waals surface area contributed by atoms with Gasteiger partial charge in [-0.3, -0.25) is 0 Å². The number of hydrogen-bond donors (Lipinski definition) is 3. The number of aryl methyl sites for hydroxylation is 1. The molecule has 2 aromatic rings. The molecule has 0 aliphatic carbocycles. The highest BCUT2D eigenvalue weighted by Gasteiger charge is 2.13. The lowest BCUT2D eigenvalue weighted by Gasteiger charge is -2.23. The summed E-state index contributed by atoms with van der Waals surface area (Å²) < 4.78 is 0. The van der Waals surface area contributed by atoms with E-state index >= 15 is 0 Å². The molecule has 0 heterocycles. The number of unbranched alkanes of at least 4 members (excludes halogenated alkanes) is 2. The van der Waals surface area contributed by atoms with Crippen molar-refractivity contribution in [2.45, 2.75) is 64.3 Å². The zero-order valence-corrected chi connectivity index (χ0v) is 18.1. The van der Waals surface area contributed by atoms with Crippen LogP contribution >= 0.6 is 0 Å². The summed E-state index contributed by atoms with van der Waals surface area (Å²) in [7, 11) is 2.02. The van der Waals surface area contributed by atoms with Crippen LogP contribution in [0.25, 0.3) is 10.8 Å². The average Bonchev–Trinajstić information content (AvgIpc) is 2.74. The molecule has 0 aliphatic heterocycles. The van der Waals surface area contributed by atoms with E-state index in [4.69, 9.17) is 5.73 Å². The molecule has 3 nitrogen and oxygen atoms in total. The zero-order chi connectivity index (χ0) is 20.0. The minimum Gasteiger partial charge on any atom is -0.329 e. The van der Waals surface area contributed by atoms with Crippen LogP contribution in [0.2, 0.25) is 0 Å². The van der Waals surface area contributed by atoms with E-state index in [1.807, 2.05) is 7.05 Å². The Morgan fingerprint density at radius 1 is 0.929 bits per heavy atom. The minimum atomic E-state index is 0.457. The van der Waals surface area contributed by atoms with Gasteiger partial charge in [0.15, 0.2) is 0 Å². The quantitative estimate of drug-likeness (QED) is 0.384. The van der Waals surface area contributed by atoms with Crippen molar-refractivity contribution < 1.29 is 0 Å². The highest BCUT2D eigenvalue weighted by atomic mass is 14.9. The fourth-order valence-electron chi connectivity index (χ4n) is 4.04. The molecule has 2 rings (SSSR count). The first-order valence-electron chi connectivity index (χ1n) is 11.3. The van der Waals surface area contributed by atoms with Crippen molar-refractivity contribution in [1.29, 1.82) is 0 Å². The van der Waals surface area contributed by atoms with Gasteiger partial charge in [0.1, 0.15) is 0 Å². The fraction of sp³-hybridized carbons (Fsp3) is 0.600. The number of nitrogens with one attached hydrogen (secondary N) is 2. The van der Waals surface area contributed by atoms with Crippen LogP contribution < -0.4 is 16.4 Å². The van der Waals surface area contributed by atoms with Gasteiger partial charge < -0.3 is 16.4 Å². The Balaban J connectivity index is 1.87. The molecule has 0 fully saturated rings. The van der Waals surface area contributed by atoms with Crippen molar-refractivity contribution in [3.63, 3.8) is 0 Å². The second-order valence-electron chi connectivity index (χ2n) is 8.13. The molecule has 0 aliphatic rings. The maximum Gasteiger partial charge on any atom is 0.0190 e. The molecule has 0 aromatic heterocycles. The highest BCUT2D eigenvalue weighted by molar-refractivity contribution is 5.85. The molecule has 0 unspecified atom stereocenters. The van der Waals surface area contributed by atoms with Gasteiger partial charge in [-0.25, -0.2) is 0 Å². The van der Waals surface area contributed by atoms with Crippen molar-refractivity contribution in [1.82, 2.24) is 10.6 Å². The molecule has 0 bridgehead atoms. The van der Waals surface area contributed by atoms with E-state index in [9.17, 15) is 0 Å².